The summed E-state index contributed by atoms with van der Waals surface area (Å²) in [5.74, 6) is 2.18. The van der Waals surface area contributed by atoms with Crippen LogP contribution < -0.4 is 4.74 Å². The van der Waals surface area contributed by atoms with Gasteiger partial charge in [-0.25, -0.2) is 0 Å². The maximum absolute atomic E-state index is 12.5. The number of hydrogen-bond donors (Lipinski definition) is 0. The van der Waals surface area contributed by atoms with Crippen molar-refractivity contribution in [1.29, 1.82) is 0 Å². The molecule has 2 atom stereocenters. The smallest absolute Gasteiger partial charge is 0.140 e. The van der Waals surface area contributed by atoms with Crippen molar-refractivity contribution in [2.75, 3.05) is 7.11 Å². The number of carbonyl (C=O) groups excluding carboxylic acids is 1. The molecule has 1 aliphatic carbocycles. The van der Waals surface area contributed by atoms with Crippen molar-refractivity contribution in [3.8, 4) is 5.75 Å². The summed E-state index contributed by atoms with van der Waals surface area (Å²) < 4.78 is 5.14. The van der Waals surface area contributed by atoms with Gasteiger partial charge >= 0.3 is 0 Å². The lowest BCUT2D eigenvalue weighted by Crippen LogP contribution is -2.28. The molecule has 19 heavy (non-hydrogen) atoms. The van der Waals surface area contributed by atoms with E-state index in [2.05, 4.69) is 6.92 Å². The highest BCUT2D eigenvalue weighted by atomic mass is 16.5. The highest BCUT2D eigenvalue weighted by molar-refractivity contribution is 5.83. The quantitative estimate of drug-likeness (QED) is 0.799. The molecule has 0 N–H and O–H groups in total. The summed E-state index contributed by atoms with van der Waals surface area (Å²) in [6, 6.07) is 7.86. The second-order valence-electron chi connectivity index (χ2n) is 5.55. The number of methoxy groups -OCH3 is 1. The van der Waals surface area contributed by atoms with Crippen molar-refractivity contribution in [2.24, 2.45) is 11.8 Å². The van der Waals surface area contributed by atoms with Crippen LogP contribution in [0.4, 0.5) is 0 Å². The van der Waals surface area contributed by atoms with Crippen LogP contribution >= 0.6 is 0 Å². The molecule has 2 heteroatoms. The lowest BCUT2D eigenvalue weighted by molar-refractivity contribution is -0.125. The fourth-order valence-electron chi connectivity index (χ4n) is 3.20. The molecule has 1 fully saturated rings. The van der Waals surface area contributed by atoms with Crippen molar-refractivity contribution in [3.63, 3.8) is 0 Å². The van der Waals surface area contributed by atoms with Gasteiger partial charge in [0, 0.05) is 12.3 Å². The Bertz CT molecular complexity index is 408. The molecular weight excluding hydrogens is 236 g/mol. The summed E-state index contributed by atoms with van der Waals surface area (Å²) in [6.45, 7) is 2.21. The van der Waals surface area contributed by atoms with Gasteiger partial charge in [0.25, 0.3) is 0 Å². The Morgan fingerprint density at radius 1 is 1.21 bits per heavy atom. The molecule has 1 aromatic rings. The van der Waals surface area contributed by atoms with E-state index in [1.54, 1.807) is 7.11 Å². The Balaban J connectivity index is 1.98. The molecule has 2 nitrogen and oxygen atoms in total. The average Bonchev–Trinajstić information content (AvgIpc) is 2.48. The van der Waals surface area contributed by atoms with Crippen molar-refractivity contribution in [1.82, 2.24) is 0 Å². The van der Waals surface area contributed by atoms with Gasteiger partial charge in [-0.1, -0.05) is 38.3 Å². The first-order valence-corrected chi connectivity index (χ1v) is 7.40. The maximum Gasteiger partial charge on any atom is 0.140 e. The monoisotopic (exact) mass is 260 g/mol. The molecule has 0 radical (unpaired) electrons. The van der Waals surface area contributed by atoms with Crippen LogP contribution in [-0.4, -0.2) is 12.9 Å². The summed E-state index contributed by atoms with van der Waals surface area (Å²) in [6.07, 6.45) is 6.55. The highest BCUT2D eigenvalue weighted by Gasteiger charge is 2.29. The van der Waals surface area contributed by atoms with Crippen LogP contribution in [-0.2, 0) is 11.2 Å². The van der Waals surface area contributed by atoms with Gasteiger partial charge in [0.2, 0.25) is 0 Å². The summed E-state index contributed by atoms with van der Waals surface area (Å²) >= 11 is 0. The van der Waals surface area contributed by atoms with Crippen LogP contribution in [0.2, 0.25) is 0 Å². The summed E-state index contributed by atoms with van der Waals surface area (Å²) in [5.41, 5.74) is 1.10. The van der Waals surface area contributed by atoms with E-state index >= 15 is 0 Å². The van der Waals surface area contributed by atoms with Crippen LogP contribution in [0.25, 0.3) is 0 Å². The van der Waals surface area contributed by atoms with Gasteiger partial charge in [-0.15, -0.1) is 0 Å². The third-order valence-corrected chi connectivity index (χ3v) is 4.38. The first-order chi connectivity index (χ1) is 9.24. The molecule has 0 amide bonds. The van der Waals surface area contributed by atoms with E-state index in [1.165, 1.54) is 19.3 Å². The van der Waals surface area contributed by atoms with E-state index in [0.717, 1.165) is 24.2 Å². The molecule has 0 aliphatic heterocycles. The van der Waals surface area contributed by atoms with E-state index < -0.39 is 0 Å². The van der Waals surface area contributed by atoms with Gasteiger partial charge in [0.15, 0.2) is 0 Å². The molecule has 0 saturated heterocycles. The van der Waals surface area contributed by atoms with E-state index in [-0.39, 0.29) is 0 Å². The topological polar surface area (TPSA) is 26.3 Å². The summed E-state index contributed by atoms with van der Waals surface area (Å²) in [5, 5.41) is 0. The third-order valence-electron chi connectivity index (χ3n) is 4.38. The SMILES string of the molecule is CCC1CCCCC1C(=O)Cc1ccc(OC)cc1. The molecule has 0 spiro atoms. The number of Topliss-reactive ketones (excluding diaryl/α,β-unsaturated/α-hetero) is 1. The second kappa shape index (κ2) is 6.74. The molecule has 0 heterocycles. The van der Waals surface area contributed by atoms with Crippen LogP contribution in [0.3, 0.4) is 0 Å². The first-order valence-electron chi connectivity index (χ1n) is 7.40. The van der Waals surface area contributed by atoms with Crippen LogP contribution in [0.1, 0.15) is 44.6 Å². The normalized spacial score (nSPS) is 23.1. The lowest BCUT2D eigenvalue weighted by atomic mass is 9.74. The van der Waals surface area contributed by atoms with E-state index in [0.29, 0.717) is 24.0 Å². The Labute approximate surface area is 116 Å². The first kappa shape index (κ1) is 14.1. The zero-order valence-corrected chi connectivity index (χ0v) is 12.0. The van der Waals surface area contributed by atoms with Crippen LogP contribution in [0.5, 0.6) is 5.75 Å². The highest BCUT2D eigenvalue weighted by Crippen LogP contribution is 2.33. The van der Waals surface area contributed by atoms with E-state index in [4.69, 9.17) is 4.74 Å². The Kier molecular flexibility index (Phi) is 5.00. The average molecular weight is 260 g/mol. The minimum absolute atomic E-state index is 0.292. The predicted octanol–water partition coefficient (Wildman–Crippen LogP) is 4.02. The van der Waals surface area contributed by atoms with Crippen LogP contribution in [0.15, 0.2) is 24.3 Å². The number of benzene rings is 1. The summed E-state index contributed by atoms with van der Waals surface area (Å²) in [7, 11) is 1.66. The fraction of sp³-hybridized carbons (Fsp3) is 0.588. The second-order valence-corrected chi connectivity index (χ2v) is 5.55. The van der Waals surface area contributed by atoms with Crippen molar-refractivity contribution < 1.29 is 9.53 Å². The molecule has 2 unspecified atom stereocenters. The minimum Gasteiger partial charge on any atom is -0.497 e. The Morgan fingerprint density at radius 3 is 2.53 bits per heavy atom. The van der Waals surface area contributed by atoms with Gasteiger partial charge in [-0.2, -0.15) is 0 Å². The largest absolute Gasteiger partial charge is 0.497 e. The zero-order valence-electron chi connectivity index (χ0n) is 12.0. The molecule has 1 saturated carbocycles. The number of hydrogen-bond acceptors (Lipinski definition) is 2. The van der Waals surface area contributed by atoms with Gasteiger partial charge in [-0.05, 0) is 36.5 Å². The standard InChI is InChI=1S/C17H24O2/c1-3-14-6-4-5-7-16(14)17(18)12-13-8-10-15(19-2)11-9-13/h8-11,14,16H,3-7,12H2,1-2H3. The van der Waals surface area contributed by atoms with Crippen molar-refractivity contribution in [3.05, 3.63) is 29.8 Å². The molecule has 1 aromatic carbocycles. The third kappa shape index (κ3) is 3.59. The molecular formula is C17H24O2. The molecule has 0 bridgehead atoms. The molecule has 0 aromatic heterocycles. The zero-order chi connectivity index (χ0) is 13.7. The predicted molar refractivity (Wildman–Crippen MR) is 77.4 cm³/mol. The van der Waals surface area contributed by atoms with E-state index in [1.807, 2.05) is 24.3 Å². The summed E-state index contributed by atoms with van der Waals surface area (Å²) in [4.78, 5) is 12.5. The lowest BCUT2D eigenvalue weighted by Gasteiger charge is -2.29. The minimum atomic E-state index is 0.292. The molecule has 104 valence electrons. The van der Waals surface area contributed by atoms with Crippen molar-refractivity contribution in [2.45, 2.75) is 45.4 Å². The number of rotatable bonds is 5. The van der Waals surface area contributed by atoms with Gasteiger partial charge in [-0.3, -0.25) is 4.79 Å². The fourth-order valence-corrected chi connectivity index (χ4v) is 3.20. The van der Waals surface area contributed by atoms with Gasteiger partial charge < -0.3 is 4.74 Å². The number of carbonyl (C=O) groups is 1. The van der Waals surface area contributed by atoms with E-state index in [9.17, 15) is 4.79 Å². The Morgan fingerprint density at radius 2 is 1.89 bits per heavy atom. The molecule has 1 aliphatic rings. The van der Waals surface area contributed by atoms with Gasteiger partial charge in [0.1, 0.15) is 11.5 Å². The Hall–Kier alpha value is -1.31. The molecule has 2 rings (SSSR count). The van der Waals surface area contributed by atoms with Crippen LogP contribution in [0, 0.1) is 11.8 Å². The number of ketones is 1. The number of ether oxygens (including phenoxy) is 1. The van der Waals surface area contributed by atoms with Crippen molar-refractivity contribution >= 4 is 5.78 Å². The van der Waals surface area contributed by atoms with Gasteiger partial charge in [0.05, 0.1) is 7.11 Å². The maximum atomic E-state index is 12.5.